The fourth-order valence-electron chi connectivity index (χ4n) is 2.56. The van der Waals surface area contributed by atoms with Crippen LogP contribution >= 0.6 is 0 Å². The smallest absolute Gasteiger partial charge is 0.276 e. The van der Waals surface area contributed by atoms with Crippen LogP contribution in [0.1, 0.15) is 42.9 Å². The van der Waals surface area contributed by atoms with Gasteiger partial charge in [-0.3, -0.25) is 14.7 Å². The lowest BCUT2D eigenvalue weighted by molar-refractivity contribution is -0.130. The number of aromatic amines is 1. The molecule has 0 spiro atoms. The van der Waals surface area contributed by atoms with Crippen molar-refractivity contribution in [3.63, 3.8) is 0 Å². The number of aryl methyl sites for hydroxylation is 1. The van der Waals surface area contributed by atoms with Crippen molar-refractivity contribution in [2.45, 2.75) is 33.1 Å². The number of hydrogen-bond acceptors (Lipinski definition) is 4. The van der Waals surface area contributed by atoms with Gasteiger partial charge in [-0.25, -0.2) is 0 Å². The Balaban J connectivity index is 2.06. The largest absolute Gasteiger partial charge is 0.395 e. The van der Waals surface area contributed by atoms with Crippen LogP contribution < -0.4 is 5.73 Å². The number of nitrogen functional groups attached to an aromatic ring is 1. The molecule has 0 bridgehead atoms. The first-order chi connectivity index (χ1) is 10.1. The first-order valence-electron chi connectivity index (χ1n) is 7.48. The number of nitrogens with zero attached hydrogens (tertiary/aromatic N) is 3. The Morgan fingerprint density at radius 3 is 2.48 bits per heavy atom. The van der Waals surface area contributed by atoms with Gasteiger partial charge in [0.05, 0.1) is 11.4 Å². The zero-order valence-electron chi connectivity index (χ0n) is 12.7. The molecule has 0 atom stereocenters. The second-order valence-electron chi connectivity index (χ2n) is 5.20. The number of amides is 2. The third-order valence-corrected chi connectivity index (χ3v) is 3.88. The molecule has 0 unspecified atom stereocenters. The minimum absolute atomic E-state index is 0.136. The summed E-state index contributed by atoms with van der Waals surface area (Å²) in [6, 6.07) is 0. The van der Waals surface area contributed by atoms with Crippen molar-refractivity contribution < 1.29 is 9.59 Å². The zero-order chi connectivity index (χ0) is 15.4. The van der Waals surface area contributed by atoms with Crippen molar-refractivity contribution in [1.82, 2.24) is 20.0 Å². The van der Waals surface area contributed by atoms with E-state index in [1.807, 2.05) is 18.7 Å². The molecule has 0 aromatic carbocycles. The molecular weight excluding hydrogens is 270 g/mol. The molecule has 7 nitrogen and oxygen atoms in total. The highest BCUT2D eigenvalue weighted by Crippen LogP contribution is 2.17. The number of H-pyrrole nitrogens is 1. The highest BCUT2D eigenvalue weighted by atomic mass is 16.2. The minimum atomic E-state index is -0.158. The van der Waals surface area contributed by atoms with E-state index in [0.29, 0.717) is 50.4 Å². The first kappa shape index (κ1) is 15.3. The van der Waals surface area contributed by atoms with Crippen LogP contribution in [0.3, 0.4) is 0 Å². The van der Waals surface area contributed by atoms with Gasteiger partial charge in [-0.15, -0.1) is 0 Å². The molecule has 7 heteroatoms. The van der Waals surface area contributed by atoms with Crippen molar-refractivity contribution in [3.05, 3.63) is 11.4 Å². The predicted octanol–water partition coefficient (Wildman–Crippen LogP) is 0.639. The molecule has 0 aliphatic carbocycles. The third kappa shape index (κ3) is 3.17. The predicted molar refractivity (Wildman–Crippen MR) is 79.8 cm³/mol. The van der Waals surface area contributed by atoms with E-state index >= 15 is 0 Å². The number of aromatic nitrogens is 2. The normalized spacial score (nSPS) is 15.9. The molecular formula is C14H23N5O2. The molecule has 1 aromatic heterocycles. The van der Waals surface area contributed by atoms with Crippen LogP contribution in [-0.4, -0.2) is 58.0 Å². The number of carbonyl (C=O) groups excluding carboxylic acids is 2. The van der Waals surface area contributed by atoms with Crippen molar-refractivity contribution in [2.24, 2.45) is 0 Å². The van der Waals surface area contributed by atoms with Crippen molar-refractivity contribution in [2.75, 3.05) is 31.9 Å². The van der Waals surface area contributed by atoms with Crippen LogP contribution in [0.5, 0.6) is 0 Å². The number of rotatable bonds is 3. The minimum Gasteiger partial charge on any atom is -0.395 e. The van der Waals surface area contributed by atoms with E-state index < -0.39 is 0 Å². The van der Waals surface area contributed by atoms with Gasteiger partial charge in [0.25, 0.3) is 5.91 Å². The van der Waals surface area contributed by atoms with Crippen molar-refractivity contribution in [3.8, 4) is 0 Å². The van der Waals surface area contributed by atoms with E-state index in [9.17, 15) is 9.59 Å². The van der Waals surface area contributed by atoms with Gasteiger partial charge in [-0.2, -0.15) is 5.10 Å². The maximum Gasteiger partial charge on any atom is 0.276 e. The molecule has 3 N–H and O–H groups in total. The van der Waals surface area contributed by atoms with Gasteiger partial charge in [0.2, 0.25) is 5.91 Å². The summed E-state index contributed by atoms with van der Waals surface area (Å²) in [5.74, 6) is -0.0221. The zero-order valence-corrected chi connectivity index (χ0v) is 12.7. The molecule has 1 aliphatic rings. The molecule has 2 rings (SSSR count). The highest BCUT2D eigenvalue weighted by Gasteiger charge is 2.25. The summed E-state index contributed by atoms with van der Waals surface area (Å²) in [7, 11) is 0. The lowest BCUT2D eigenvalue weighted by Gasteiger charge is -2.21. The average molecular weight is 293 g/mol. The molecule has 0 saturated carbocycles. The highest BCUT2D eigenvalue weighted by molar-refractivity contribution is 5.97. The monoisotopic (exact) mass is 293 g/mol. The van der Waals surface area contributed by atoms with E-state index in [0.717, 1.165) is 12.1 Å². The SMILES string of the molecule is CCC(=O)N1CCCN(C(=O)c2n[nH]c(CC)c2N)CC1. The Labute approximate surface area is 124 Å². The van der Waals surface area contributed by atoms with Crippen LogP contribution in [0.25, 0.3) is 0 Å². The van der Waals surface area contributed by atoms with Gasteiger partial charge in [0, 0.05) is 32.6 Å². The second kappa shape index (κ2) is 6.60. The molecule has 2 heterocycles. The Kier molecular flexibility index (Phi) is 4.82. The van der Waals surface area contributed by atoms with Crippen molar-refractivity contribution >= 4 is 17.5 Å². The van der Waals surface area contributed by atoms with Gasteiger partial charge in [0.15, 0.2) is 5.69 Å². The van der Waals surface area contributed by atoms with Gasteiger partial charge in [0.1, 0.15) is 0 Å². The van der Waals surface area contributed by atoms with Gasteiger partial charge < -0.3 is 15.5 Å². The van der Waals surface area contributed by atoms with Gasteiger partial charge >= 0.3 is 0 Å². The van der Waals surface area contributed by atoms with Crippen LogP contribution in [-0.2, 0) is 11.2 Å². The first-order valence-corrected chi connectivity index (χ1v) is 7.48. The molecule has 1 fully saturated rings. The maximum absolute atomic E-state index is 12.5. The Bertz CT molecular complexity index is 525. The number of nitrogens with two attached hydrogens (primary N) is 1. The topological polar surface area (TPSA) is 95.3 Å². The number of nitrogens with one attached hydrogen (secondary N) is 1. The quantitative estimate of drug-likeness (QED) is 0.855. The molecule has 1 aliphatic heterocycles. The number of carbonyl (C=O) groups is 2. The molecule has 1 aromatic rings. The lowest BCUT2D eigenvalue weighted by atomic mass is 10.2. The van der Waals surface area contributed by atoms with E-state index in [4.69, 9.17) is 5.73 Å². The molecule has 0 radical (unpaired) electrons. The van der Waals surface area contributed by atoms with E-state index in [-0.39, 0.29) is 11.8 Å². The maximum atomic E-state index is 12.5. The van der Waals surface area contributed by atoms with Crippen LogP contribution in [0.2, 0.25) is 0 Å². The summed E-state index contributed by atoms with van der Waals surface area (Å²) in [5.41, 5.74) is 7.47. The van der Waals surface area contributed by atoms with Crippen molar-refractivity contribution in [1.29, 1.82) is 0 Å². The van der Waals surface area contributed by atoms with E-state index in [2.05, 4.69) is 10.2 Å². The van der Waals surface area contributed by atoms with Gasteiger partial charge in [-0.05, 0) is 12.8 Å². The molecule has 21 heavy (non-hydrogen) atoms. The molecule has 1 saturated heterocycles. The molecule has 116 valence electrons. The summed E-state index contributed by atoms with van der Waals surface area (Å²) in [4.78, 5) is 27.8. The number of hydrogen-bond donors (Lipinski definition) is 2. The number of anilines is 1. The van der Waals surface area contributed by atoms with Gasteiger partial charge in [-0.1, -0.05) is 13.8 Å². The standard InChI is InChI=1S/C14H23N5O2/c1-3-10-12(15)13(17-16-10)14(21)19-7-5-6-18(8-9-19)11(20)4-2/h3-9,15H2,1-2H3,(H,16,17). The van der Waals surface area contributed by atoms with E-state index in [1.54, 1.807) is 4.90 Å². The molecule has 2 amide bonds. The second-order valence-corrected chi connectivity index (χ2v) is 5.20. The summed E-state index contributed by atoms with van der Waals surface area (Å²) < 4.78 is 0. The van der Waals surface area contributed by atoms with Crippen LogP contribution in [0.4, 0.5) is 5.69 Å². The average Bonchev–Trinajstić information content (AvgIpc) is 2.72. The van der Waals surface area contributed by atoms with Crippen LogP contribution in [0, 0.1) is 0 Å². The lowest BCUT2D eigenvalue weighted by Crippen LogP contribution is -2.37. The summed E-state index contributed by atoms with van der Waals surface area (Å²) in [5, 5.41) is 6.85. The van der Waals surface area contributed by atoms with Crippen LogP contribution in [0.15, 0.2) is 0 Å². The summed E-state index contributed by atoms with van der Waals surface area (Å²) >= 11 is 0. The third-order valence-electron chi connectivity index (χ3n) is 3.88. The van der Waals surface area contributed by atoms with E-state index in [1.165, 1.54) is 0 Å². The fourth-order valence-corrected chi connectivity index (χ4v) is 2.56. The summed E-state index contributed by atoms with van der Waals surface area (Å²) in [6.45, 7) is 6.24. The fraction of sp³-hybridized carbons (Fsp3) is 0.643. The Hall–Kier alpha value is -2.05. The Morgan fingerprint density at radius 1 is 1.19 bits per heavy atom. The summed E-state index contributed by atoms with van der Waals surface area (Å²) in [6.07, 6.45) is 1.99. The Morgan fingerprint density at radius 2 is 1.86 bits per heavy atom.